The number of aliphatic hydroxyl groups excluding tert-OH is 1. The van der Waals surface area contributed by atoms with Gasteiger partial charge in [0, 0.05) is 19.2 Å². The van der Waals surface area contributed by atoms with Crippen molar-refractivity contribution in [2.45, 2.75) is 55.4 Å². The average molecular weight is 290 g/mol. The molecule has 0 saturated heterocycles. The standard InChI is InChI=1S/C14H18N4OS/c1-10(19)11-6-7-15-13(9-11)20-14-17-16-12-5-3-2-4-8-18(12)14/h6-7,9-10,19H,2-5,8H2,1H3. The predicted molar refractivity (Wildman–Crippen MR) is 76.6 cm³/mol. The summed E-state index contributed by atoms with van der Waals surface area (Å²) in [5.41, 5.74) is 0.873. The third-order valence-corrected chi connectivity index (χ3v) is 4.43. The summed E-state index contributed by atoms with van der Waals surface area (Å²) in [4.78, 5) is 4.34. The van der Waals surface area contributed by atoms with Gasteiger partial charge in [0.15, 0.2) is 5.16 Å². The summed E-state index contributed by atoms with van der Waals surface area (Å²) >= 11 is 1.52. The van der Waals surface area contributed by atoms with Crippen LogP contribution in [0.1, 0.15) is 43.7 Å². The molecular formula is C14H18N4OS. The number of aliphatic hydroxyl groups is 1. The number of aromatic nitrogens is 4. The summed E-state index contributed by atoms with van der Waals surface area (Å²) in [5, 5.41) is 20.0. The van der Waals surface area contributed by atoms with Crippen molar-refractivity contribution in [2.75, 3.05) is 0 Å². The zero-order valence-electron chi connectivity index (χ0n) is 11.5. The molecule has 3 rings (SSSR count). The lowest BCUT2D eigenvalue weighted by atomic mass is 10.2. The molecule has 5 nitrogen and oxygen atoms in total. The molecule has 0 bridgehead atoms. The number of fused-ring (bicyclic) bond motifs is 1. The molecule has 106 valence electrons. The molecule has 6 heteroatoms. The Morgan fingerprint density at radius 3 is 3.05 bits per heavy atom. The molecule has 2 aromatic rings. The van der Waals surface area contributed by atoms with Gasteiger partial charge in [-0.1, -0.05) is 6.42 Å². The first-order valence-electron chi connectivity index (χ1n) is 6.98. The zero-order chi connectivity index (χ0) is 13.9. The Bertz CT molecular complexity index is 597. The Balaban J connectivity index is 1.84. The molecule has 0 amide bonds. The number of hydrogen-bond donors (Lipinski definition) is 1. The summed E-state index contributed by atoms with van der Waals surface area (Å²) in [5.74, 6) is 1.08. The van der Waals surface area contributed by atoms with Gasteiger partial charge in [0.2, 0.25) is 0 Å². The molecule has 1 aliphatic rings. The molecule has 0 radical (unpaired) electrons. The monoisotopic (exact) mass is 290 g/mol. The van der Waals surface area contributed by atoms with Crippen molar-refractivity contribution in [1.82, 2.24) is 19.7 Å². The maximum atomic E-state index is 9.63. The average Bonchev–Trinajstić information content (AvgIpc) is 2.68. The second-order valence-corrected chi connectivity index (χ2v) is 6.05. The summed E-state index contributed by atoms with van der Waals surface area (Å²) in [6.07, 6.45) is 5.88. The van der Waals surface area contributed by atoms with Crippen molar-refractivity contribution in [2.24, 2.45) is 0 Å². The number of nitrogens with zero attached hydrogens (tertiary/aromatic N) is 4. The first kappa shape index (κ1) is 13.6. The van der Waals surface area contributed by atoms with Gasteiger partial charge in [-0.15, -0.1) is 10.2 Å². The Kier molecular flexibility index (Phi) is 4.03. The van der Waals surface area contributed by atoms with Crippen LogP contribution in [0.3, 0.4) is 0 Å². The second-order valence-electron chi connectivity index (χ2n) is 5.07. The first-order chi connectivity index (χ1) is 9.74. The lowest BCUT2D eigenvalue weighted by Gasteiger charge is -2.08. The van der Waals surface area contributed by atoms with E-state index in [0.29, 0.717) is 0 Å². The molecule has 0 aliphatic carbocycles. The van der Waals surface area contributed by atoms with Crippen molar-refractivity contribution < 1.29 is 5.11 Å². The van der Waals surface area contributed by atoms with Gasteiger partial charge < -0.3 is 9.67 Å². The highest BCUT2D eigenvalue weighted by Gasteiger charge is 2.16. The third-order valence-electron chi connectivity index (χ3n) is 3.51. The van der Waals surface area contributed by atoms with Crippen LogP contribution in [0.25, 0.3) is 0 Å². The quantitative estimate of drug-likeness (QED) is 0.941. The fourth-order valence-electron chi connectivity index (χ4n) is 2.37. The number of hydrogen-bond acceptors (Lipinski definition) is 5. The Morgan fingerprint density at radius 2 is 2.20 bits per heavy atom. The van der Waals surface area contributed by atoms with E-state index in [9.17, 15) is 5.11 Å². The molecular weight excluding hydrogens is 272 g/mol. The maximum absolute atomic E-state index is 9.63. The highest BCUT2D eigenvalue weighted by molar-refractivity contribution is 7.99. The van der Waals surface area contributed by atoms with Crippen molar-refractivity contribution in [3.8, 4) is 0 Å². The third kappa shape index (κ3) is 2.86. The van der Waals surface area contributed by atoms with E-state index in [1.165, 1.54) is 31.0 Å². The van der Waals surface area contributed by atoms with Gasteiger partial charge in [0.25, 0.3) is 0 Å². The first-order valence-corrected chi connectivity index (χ1v) is 7.79. The predicted octanol–water partition coefficient (Wildman–Crippen LogP) is 2.60. The largest absolute Gasteiger partial charge is 0.389 e. The number of rotatable bonds is 3. The van der Waals surface area contributed by atoms with Crippen LogP contribution in [0, 0.1) is 0 Å². The van der Waals surface area contributed by atoms with Crippen molar-refractivity contribution in [1.29, 1.82) is 0 Å². The molecule has 1 N–H and O–H groups in total. The summed E-state index contributed by atoms with van der Waals surface area (Å²) < 4.78 is 2.20. The van der Waals surface area contributed by atoms with Crippen LogP contribution in [-0.2, 0) is 13.0 Å². The minimum atomic E-state index is -0.479. The second kappa shape index (κ2) is 5.93. The lowest BCUT2D eigenvalue weighted by Crippen LogP contribution is -2.02. The molecule has 0 aromatic carbocycles. The zero-order valence-corrected chi connectivity index (χ0v) is 12.3. The van der Waals surface area contributed by atoms with E-state index in [4.69, 9.17) is 0 Å². The Hall–Kier alpha value is -1.40. The molecule has 20 heavy (non-hydrogen) atoms. The fraction of sp³-hybridized carbons (Fsp3) is 0.500. The van der Waals surface area contributed by atoms with Gasteiger partial charge in [-0.2, -0.15) is 0 Å². The smallest absolute Gasteiger partial charge is 0.197 e. The van der Waals surface area contributed by atoms with Crippen LogP contribution in [-0.4, -0.2) is 24.9 Å². The van der Waals surface area contributed by atoms with E-state index in [2.05, 4.69) is 19.7 Å². The SMILES string of the molecule is CC(O)c1ccnc(Sc2nnc3n2CCCCC3)c1. The minimum absolute atomic E-state index is 0.479. The van der Waals surface area contributed by atoms with E-state index in [1.54, 1.807) is 13.1 Å². The van der Waals surface area contributed by atoms with Gasteiger partial charge in [-0.3, -0.25) is 0 Å². The number of aryl methyl sites for hydroxylation is 1. The topological polar surface area (TPSA) is 63.8 Å². The van der Waals surface area contributed by atoms with E-state index in [0.717, 1.165) is 34.5 Å². The van der Waals surface area contributed by atoms with Gasteiger partial charge in [-0.05, 0) is 49.2 Å². The summed E-state index contributed by atoms with van der Waals surface area (Å²) in [6, 6.07) is 3.74. The normalized spacial score (nSPS) is 16.5. The molecule has 1 aliphatic heterocycles. The molecule has 2 aromatic heterocycles. The van der Waals surface area contributed by atoms with E-state index >= 15 is 0 Å². The van der Waals surface area contributed by atoms with Crippen LogP contribution in [0.5, 0.6) is 0 Å². The molecule has 0 fully saturated rings. The van der Waals surface area contributed by atoms with Crippen LogP contribution < -0.4 is 0 Å². The molecule has 1 unspecified atom stereocenters. The molecule has 3 heterocycles. The highest BCUT2D eigenvalue weighted by atomic mass is 32.2. The lowest BCUT2D eigenvalue weighted by molar-refractivity contribution is 0.199. The van der Waals surface area contributed by atoms with Crippen molar-refractivity contribution in [3.63, 3.8) is 0 Å². The Morgan fingerprint density at radius 1 is 1.30 bits per heavy atom. The van der Waals surface area contributed by atoms with Crippen molar-refractivity contribution >= 4 is 11.8 Å². The minimum Gasteiger partial charge on any atom is -0.389 e. The number of pyridine rings is 1. The van der Waals surface area contributed by atoms with Crippen LogP contribution in [0.2, 0.25) is 0 Å². The van der Waals surface area contributed by atoms with E-state index in [-0.39, 0.29) is 0 Å². The maximum Gasteiger partial charge on any atom is 0.197 e. The van der Waals surface area contributed by atoms with Gasteiger partial charge in [0.1, 0.15) is 10.9 Å². The van der Waals surface area contributed by atoms with Crippen LogP contribution in [0.15, 0.2) is 28.5 Å². The highest BCUT2D eigenvalue weighted by Crippen LogP contribution is 2.28. The van der Waals surface area contributed by atoms with E-state index < -0.39 is 6.10 Å². The van der Waals surface area contributed by atoms with E-state index in [1.807, 2.05) is 12.1 Å². The molecule has 1 atom stereocenters. The Labute approximate surface area is 122 Å². The molecule has 0 saturated carbocycles. The van der Waals surface area contributed by atoms with Gasteiger partial charge in [0.05, 0.1) is 6.10 Å². The summed E-state index contributed by atoms with van der Waals surface area (Å²) in [7, 11) is 0. The van der Waals surface area contributed by atoms with Crippen molar-refractivity contribution in [3.05, 3.63) is 29.7 Å². The molecule has 0 spiro atoms. The van der Waals surface area contributed by atoms with Gasteiger partial charge >= 0.3 is 0 Å². The van der Waals surface area contributed by atoms with Crippen LogP contribution >= 0.6 is 11.8 Å². The van der Waals surface area contributed by atoms with Gasteiger partial charge in [-0.25, -0.2) is 4.98 Å². The fourth-order valence-corrected chi connectivity index (χ4v) is 3.25. The van der Waals surface area contributed by atoms with Crippen LogP contribution in [0.4, 0.5) is 0 Å². The summed E-state index contributed by atoms with van der Waals surface area (Å²) in [6.45, 7) is 2.74.